The number of aryl methyl sites for hydroxylation is 1. The van der Waals surface area contributed by atoms with Gasteiger partial charge in [-0.1, -0.05) is 6.07 Å². The summed E-state index contributed by atoms with van der Waals surface area (Å²) in [4.78, 5) is 12.3. The highest BCUT2D eigenvalue weighted by atomic mass is 16.5. The molecule has 0 heterocycles. The van der Waals surface area contributed by atoms with Crippen molar-refractivity contribution in [1.29, 1.82) is 0 Å². The molecule has 0 spiro atoms. The Labute approximate surface area is 137 Å². The van der Waals surface area contributed by atoms with Crippen molar-refractivity contribution in [2.24, 2.45) is 0 Å². The van der Waals surface area contributed by atoms with Crippen LogP contribution in [0.25, 0.3) is 0 Å². The summed E-state index contributed by atoms with van der Waals surface area (Å²) in [6.07, 6.45) is 0. The average molecular weight is 314 g/mol. The van der Waals surface area contributed by atoms with Crippen LogP contribution in [0, 0.1) is 6.92 Å². The predicted octanol–water partition coefficient (Wildman–Crippen LogP) is 4.40. The van der Waals surface area contributed by atoms with Gasteiger partial charge in [-0.3, -0.25) is 4.79 Å². The lowest BCUT2D eigenvalue weighted by Crippen LogP contribution is -2.33. The highest BCUT2D eigenvalue weighted by Crippen LogP contribution is 2.28. The molecule has 0 atom stereocenters. The summed E-state index contributed by atoms with van der Waals surface area (Å²) < 4.78 is 16.3. The number of hydrogen-bond donors (Lipinski definition) is 0. The molecule has 23 heavy (non-hydrogen) atoms. The Morgan fingerprint density at radius 3 is 2.13 bits per heavy atom. The molecule has 0 aliphatic heterocycles. The van der Waals surface area contributed by atoms with Gasteiger partial charge in [-0.05, 0) is 56.7 Å². The molecule has 0 unspecified atom stereocenters. The Bertz CT molecular complexity index is 687. The van der Waals surface area contributed by atoms with Gasteiger partial charge in [-0.15, -0.1) is 0 Å². The molecule has 0 bridgehead atoms. The zero-order chi connectivity index (χ0) is 17.0. The van der Waals surface area contributed by atoms with Crippen LogP contribution in [0.4, 0.5) is 0 Å². The van der Waals surface area contributed by atoms with E-state index in [-0.39, 0.29) is 5.78 Å². The van der Waals surface area contributed by atoms with Gasteiger partial charge in [0.05, 0.1) is 7.11 Å². The largest absolute Gasteiger partial charge is 0.496 e. The lowest BCUT2D eigenvalue weighted by atomic mass is 9.96. The van der Waals surface area contributed by atoms with Crippen LogP contribution in [0.2, 0.25) is 0 Å². The third-order valence-corrected chi connectivity index (χ3v) is 3.79. The minimum atomic E-state index is -0.841. The Morgan fingerprint density at radius 2 is 1.57 bits per heavy atom. The van der Waals surface area contributed by atoms with Crippen molar-refractivity contribution >= 4 is 5.78 Å². The highest BCUT2D eigenvalue weighted by molar-refractivity contribution is 6.02. The van der Waals surface area contributed by atoms with E-state index in [4.69, 9.17) is 14.2 Å². The number of rotatable bonds is 6. The zero-order valence-corrected chi connectivity index (χ0v) is 14.2. The van der Waals surface area contributed by atoms with Gasteiger partial charge in [0.15, 0.2) is 5.78 Å². The van der Waals surface area contributed by atoms with Gasteiger partial charge in [-0.2, -0.15) is 0 Å². The van der Waals surface area contributed by atoms with Crippen LogP contribution in [0.15, 0.2) is 42.5 Å². The second-order valence-corrected chi connectivity index (χ2v) is 5.80. The van der Waals surface area contributed by atoms with Gasteiger partial charge in [0.25, 0.3) is 0 Å². The van der Waals surface area contributed by atoms with Crippen molar-refractivity contribution in [1.82, 2.24) is 0 Å². The van der Waals surface area contributed by atoms with Crippen molar-refractivity contribution in [3.05, 3.63) is 53.6 Å². The van der Waals surface area contributed by atoms with E-state index < -0.39 is 5.60 Å². The Morgan fingerprint density at radius 1 is 0.957 bits per heavy atom. The number of ketones is 1. The summed E-state index contributed by atoms with van der Waals surface area (Å²) in [7, 11) is 3.16. The molecule has 0 N–H and O–H groups in total. The minimum absolute atomic E-state index is 0.0662. The quantitative estimate of drug-likeness (QED) is 0.741. The number of carbonyl (C=O) groups excluding carboxylic acids is 1. The molecule has 0 saturated carbocycles. The SMILES string of the molecule is COc1cc(Oc2ccc(C(=O)C(C)(C)OC)cc2)ccc1C. The molecule has 4 nitrogen and oxygen atoms in total. The zero-order valence-electron chi connectivity index (χ0n) is 14.2. The second-order valence-electron chi connectivity index (χ2n) is 5.80. The van der Waals surface area contributed by atoms with Crippen LogP contribution >= 0.6 is 0 Å². The molecule has 2 rings (SSSR count). The third kappa shape index (κ3) is 3.90. The van der Waals surface area contributed by atoms with Gasteiger partial charge in [0.1, 0.15) is 22.8 Å². The molecule has 2 aromatic rings. The average Bonchev–Trinajstić information content (AvgIpc) is 2.56. The van der Waals surface area contributed by atoms with Crippen LogP contribution in [-0.4, -0.2) is 25.6 Å². The highest BCUT2D eigenvalue weighted by Gasteiger charge is 2.27. The van der Waals surface area contributed by atoms with E-state index in [9.17, 15) is 4.79 Å². The monoisotopic (exact) mass is 314 g/mol. The fourth-order valence-electron chi connectivity index (χ4n) is 2.11. The first-order chi connectivity index (χ1) is 10.9. The molecule has 0 aromatic heterocycles. The van der Waals surface area contributed by atoms with E-state index >= 15 is 0 Å². The summed E-state index contributed by atoms with van der Waals surface area (Å²) in [6.45, 7) is 5.47. The van der Waals surface area contributed by atoms with E-state index in [0.29, 0.717) is 17.1 Å². The van der Waals surface area contributed by atoms with Crippen molar-refractivity contribution in [3.8, 4) is 17.2 Å². The number of ether oxygens (including phenoxy) is 3. The normalized spacial score (nSPS) is 11.2. The smallest absolute Gasteiger partial charge is 0.194 e. The van der Waals surface area contributed by atoms with E-state index in [2.05, 4.69) is 0 Å². The number of benzene rings is 2. The molecule has 4 heteroatoms. The van der Waals surface area contributed by atoms with Gasteiger partial charge in [-0.25, -0.2) is 0 Å². The van der Waals surface area contributed by atoms with Crippen LogP contribution in [0.1, 0.15) is 29.8 Å². The minimum Gasteiger partial charge on any atom is -0.496 e. The molecule has 122 valence electrons. The van der Waals surface area contributed by atoms with E-state index in [1.807, 2.05) is 25.1 Å². The maximum Gasteiger partial charge on any atom is 0.194 e. The Kier molecular flexibility index (Phi) is 5.06. The van der Waals surface area contributed by atoms with Gasteiger partial charge in [0.2, 0.25) is 0 Å². The fourth-order valence-corrected chi connectivity index (χ4v) is 2.11. The maximum atomic E-state index is 12.3. The van der Waals surface area contributed by atoms with E-state index in [0.717, 1.165) is 11.3 Å². The Hall–Kier alpha value is -2.33. The first-order valence-electron chi connectivity index (χ1n) is 7.40. The number of Topliss-reactive ketones (excluding diaryl/α,β-unsaturated/α-hetero) is 1. The predicted molar refractivity (Wildman–Crippen MR) is 89.7 cm³/mol. The molecular weight excluding hydrogens is 292 g/mol. The van der Waals surface area contributed by atoms with Crippen molar-refractivity contribution in [2.45, 2.75) is 26.4 Å². The second kappa shape index (κ2) is 6.84. The molecule has 0 amide bonds. The molecule has 2 aromatic carbocycles. The van der Waals surface area contributed by atoms with E-state index in [1.54, 1.807) is 45.2 Å². The summed E-state index contributed by atoms with van der Waals surface area (Å²) >= 11 is 0. The summed E-state index contributed by atoms with van der Waals surface area (Å²) in [5.74, 6) is 2.05. The lowest BCUT2D eigenvalue weighted by molar-refractivity contribution is 0.0228. The standard InChI is InChI=1S/C19H22O4/c1-13-6-9-16(12-17(13)21-4)23-15-10-7-14(8-11-15)18(20)19(2,3)22-5/h6-12H,1-5H3. The molecule has 0 fully saturated rings. The first-order valence-corrected chi connectivity index (χ1v) is 7.40. The number of carbonyl (C=O) groups is 1. The number of methoxy groups -OCH3 is 2. The summed E-state index contributed by atoms with van der Waals surface area (Å²) in [6, 6.07) is 12.7. The van der Waals surface area contributed by atoms with E-state index in [1.165, 1.54) is 7.11 Å². The van der Waals surface area contributed by atoms with Crippen LogP contribution in [0.5, 0.6) is 17.2 Å². The number of hydrogen-bond acceptors (Lipinski definition) is 4. The lowest BCUT2D eigenvalue weighted by Gasteiger charge is -2.21. The van der Waals surface area contributed by atoms with Crippen molar-refractivity contribution < 1.29 is 19.0 Å². The van der Waals surface area contributed by atoms with Crippen LogP contribution in [0.3, 0.4) is 0 Å². The van der Waals surface area contributed by atoms with Crippen LogP contribution < -0.4 is 9.47 Å². The van der Waals surface area contributed by atoms with Crippen molar-refractivity contribution in [2.75, 3.05) is 14.2 Å². The van der Waals surface area contributed by atoms with Crippen LogP contribution in [-0.2, 0) is 4.74 Å². The summed E-state index contributed by atoms with van der Waals surface area (Å²) in [5.41, 5.74) is 0.792. The molecule has 0 radical (unpaired) electrons. The molecular formula is C19H22O4. The first kappa shape index (κ1) is 17.0. The molecule has 0 aliphatic rings. The Balaban J connectivity index is 2.16. The van der Waals surface area contributed by atoms with Gasteiger partial charge < -0.3 is 14.2 Å². The van der Waals surface area contributed by atoms with Gasteiger partial charge >= 0.3 is 0 Å². The third-order valence-electron chi connectivity index (χ3n) is 3.79. The topological polar surface area (TPSA) is 44.8 Å². The van der Waals surface area contributed by atoms with Gasteiger partial charge in [0, 0.05) is 18.7 Å². The fraction of sp³-hybridized carbons (Fsp3) is 0.316. The maximum absolute atomic E-state index is 12.3. The van der Waals surface area contributed by atoms with Crippen molar-refractivity contribution in [3.63, 3.8) is 0 Å². The summed E-state index contributed by atoms with van der Waals surface area (Å²) in [5, 5.41) is 0. The molecule has 0 aliphatic carbocycles. The molecule has 0 saturated heterocycles.